The molecule has 3 atom stereocenters. The number of hydrogen-bond donors (Lipinski definition) is 0. The number of hydrogen-bond acceptors (Lipinski definition) is 4. The molecule has 3 aromatic rings. The maximum Gasteiger partial charge on any atom is 0.200 e. The van der Waals surface area contributed by atoms with Crippen molar-refractivity contribution in [2.24, 2.45) is 10.2 Å². The first-order valence-electron chi connectivity index (χ1n) is 9.20. The van der Waals surface area contributed by atoms with Gasteiger partial charge < -0.3 is 4.74 Å². The Balaban J connectivity index is 1.72. The van der Waals surface area contributed by atoms with Crippen molar-refractivity contribution < 1.29 is 9.53 Å². The number of nitrogens with zero attached hydrogens (tertiary/aromatic N) is 2. The van der Waals surface area contributed by atoms with Gasteiger partial charge >= 0.3 is 0 Å². The van der Waals surface area contributed by atoms with Crippen LogP contribution in [0.1, 0.15) is 33.5 Å². The number of halogens is 1. The van der Waals surface area contributed by atoms with Gasteiger partial charge in [0.2, 0.25) is 5.78 Å². The highest BCUT2D eigenvalue weighted by atomic mass is 35.5. The fourth-order valence-corrected chi connectivity index (χ4v) is 4.33. The predicted octanol–water partition coefficient (Wildman–Crippen LogP) is 5.64. The zero-order valence-corrected chi connectivity index (χ0v) is 15.7. The van der Waals surface area contributed by atoms with Crippen molar-refractivity contribution in [3.8, 4) is 5.75 Å². The van der Waals surface area contributed by atoms with E-state index in [1.807, 2.05) is 72.8 Å². The number of ketones is 1. The molecule has 0 fully saturated rings. The van der Waals surface area contributed by atoms with Gasteiger partial charge in [0.15, 0.2) is 11.6 Å². The largest absolute Gasteiger partial charge is 0.482 e. The molecule has 0 saturated heterocycles. The van der Waals surface area contributed by atoms with Crippen molar-refractivity contribution in [1.82, 2.24) is 0 Å². The molecule has 138 valence electrons. The van der Waals surface area contributed by atoms with Crippen LogP contribution in [0.15, 0.2) is 89.1 Å². The third-order valence-electron chi connectivity index (χ3n) is 5.55. The van der Waals surface area contributed by atoms with Crippen LogP contribution in [0.5, 0.6) is 5.75 Å². The Morgan fingerprint density at radius 2 is 1.61 bits per heavy atom. The Bertz CT molecular complexity index is 1070. The SMILES string of the molecule is O=C1c2ccccc2O[C@@H](c2ccccc2)[C@]12N=NC[C@@H]2c1ccc(Cl)cc1. The lowest BCUT2D eigenvalue weighted by atomic mass is 9.69. The molecular formula is C23H17ClN2O2. The molecule has 28 heavy (non-hydrogen) atoms. The zero-order chi connectivity index (χ0) is 19.1. The minimum absolute atomic E-state index is 0.0515. The summed E-state index contributed by atoms with van der Waals surface area (Å²) in [5.74, 6) is 0.309. The normalized spacial score (nSPS) is 25.5. The number of fused-ring (bicyclic) bond motifs is 1. The molecule has 0 aliphatic carbocycles. The number of rotatable bonds is 2. The van der Waals surface area contributed by atoms with Crippen LogP contribution in [-0.2, 0) is 0 Å². The number of para-hydroxylation sites is 1. The summed E-state index contributed by atoms with van der Waals surface area (Å²) < 4.78 is 6.40. The summed E-state index contributed by atoms with van der Waals surface area (Å²) in [5, 5.41) is 9.55. The van der Waals surface area contributed by atoms with Gasteiger partial charge in [0, 0.05) is 10.9 Å². The van der Waals surface area contributed by atoms with Crippen LogP contribution in [0.2, 0.25) is 5.02 Å². The van der Waals surface area contributed by atoms with Gasteiger partial charge in [-0.25, -0.2) is 0 Å². The van der Waals surface area contributed by atoms with Crippen LogP contribution in [0.3, 0.4) is 0 Å². The van der Waals surface area contributed by atoms with E-state index in [4.69, 9.17) is 16.3 Å². The van der Waals surface area contributed by atoms with E-state index in [0.717, 1.165) is 11.1 Å². The summed E-state index contributed by atoms with van der Waals surface area (Å²) in [7, 11) is 0. The topological polar surface area (TPSA) is 51.0 Å². The molecular weight excluding hydrogens is 372 g/mol. The Kier molecular flexibility index (Phi) is 4.02. The lowest BCUT2D eigenvalue weighted by Gasteiger charge is -2.41. The summed E-state index contributed by atoms with van der Waals surface area (Å²) in [6.07, 6.45) is -0.553. The lowest BCUT2D eigenvalue weighted by Crippen LogP contribution is -2.51. The van der Waals surface area contributed by atoms with Crippen molar-refractivity contribution in [3.63, 3.8) is 0 Å². The second-order valence-corrected chi connectivity index (χ2v) is 7.52. The maximum atomic E-state index is 13.8. The molecule has 0 saturated carbocycles. The quantitative estimate of drug-likeness (QED) is 0.570. The van der Waals surface area contributed by atoms with E-state index in [1.54, 1.807) is 6.07 Å². The molecule has 4 nitrogen and oxygen atoms in total. The Labute approximate surface area is 167 Å². The zero-order valence-electron chi connectivity index (χ0n) is 15.0. The summed E-state index contributed by atoms with van der Waals surface area (Å²) in [6, 6.07) is 24.7. The lowest BCUT2D eigenvalue weighted by molar-refractivity contribution is 0.0521. The van der Waals surface area contributed by atoms with Gasteiger partial charge in [-0.1, -0.05) is 66.2 Å². The van der Waals surface area contributed by atoms with Gasteiger partial charge in [-0.2, -0.15) is 10.2 Å². The minimum Gasteiger partial charge on any atom is -0.482 e. The van der Waals surface area contributed by atoms with E-state index in [0.29, 0.717) is 22.9 Å². The Morgan fingerprint density at radius 3 is 2.39 bits per heavy atom. The molecule has 0 aromatic heterocycles. The van der Waals surface area contributed by atoms with Crippen LogP contribution in [0.4, 0.5) is 0 Å². The van der Waals surface area contributed by atoms with E-state index in [1.165, 1.54) is 0 Å². The van der Waals surface area contributed by atoms with E-state index in [-0.39, 0.29) is 11.7 Å². The summed E-state index contributed by atoms with van der Waals surface area (Å²) in [6.45, 7) is 0.433. The van der Waals surface area contributed by atoms with Gasteiger partial charge in [-0.05, 0) is 35.4 Å². The van der Waals surface area contributed by atoms with E-state index >= 15 is 0 Å². The monoisotopic (exact) mass is 388 g/mol. The van der Waals surface area contributed by atoms with Crippen molar-refractivity contribution in [2.45, 2.75) is 17.6 Å². The molecule has 0 bridgehead atoms. The van der Waals surface area contributed by atoms with Crippen molar-refractivity contribution in [1.29, 1.82) is 0 Å². The first-order valence-corrected chi connectivity index (χ1v) is 9.57. The molecule has 5 heteroatoms. The van der Waals surface area contributed by atoms with Crippen molar-refractivity contribution >= 4 is 17.4 Å². The molecule has 0 unspecified atom stereocenters. The highest BCUT2D eigenvalue weighted by Crippen LogP contribution is 2.52. The minimum atomic E-state index is -1.14. The van der Waals surface area contributed by atoms with E-state index < -0.39 is 11.6 Å². The average Bonchev–Trinajstić information content (AvgIpc) is 3.17. The fourth-order valence-electron chi connectivity index (χ4n) is 4.20. The molecule has 5 rings (SSSR count). The van der Waals surface area contributed by atoms with Gasteiger partial charge in [0.25, 0.3) is 0 Å². The van der Waals surface area contributed by atoms with Gasteiger partial charge in [0.1, 0.15) is 5.75 Å². The number of azo groups is 1. The summed E-state index contributed by atoms with van der Waals surface area (Å²) >= 11 is 6.08. The number of Topliss-reactive ketones (excluding diaryl/α,β-unsaturated/α-hetero) is 1. The average molecular weight is 389 g/mol. The molecule has 0 N–H and O–H groups in total. The van der Waals surface area contributed by atoms with E-state index in [2.05, 4.69) is 10.2 Å². The third kappa shape index (κ3) is 2.49. The number of benzene rings is 3. The molecule has 3 aromatic carbocycles. The summed E-state index contributed by atoms with van der Waals surface area (Å²) in [5.41, 5.74) is 1.30. The van der Waals surface area contributed by atoms with Crippen LogP contribution >= 0.6 is 11.6 Å². The van der Waals surface area contributed by atoms with Crippen molar-refractivity contribution in [3.05, 3.63) is 101 Å². The molecule has 0 amide bonds. The Hall–Kier alpha value is -2.98. The van der Waals surface area contributed by atoms with Gasteiger partial charge in [-0.3, -0.25) is 4.79 Å². The maximum absolute atomic E-state index is 13.8. The molecule has 1 spiro atoms. The van der Waals surface area contributed by atoms with Crippen LogP contribution in [0.25, 0.3) is 0 Å². The molecule has 2 heterocycles. The van der Waals surface area contributed by atoms with Gasteiger partial charge in [0.05, 0.1) is 12.1 Å². The first kappa shape index (κ1) is 17.1. The van der Waals surface area contributed by atoms with Crippen molar-refractivity contribution in [2.75, 3.05) is 6.54 Å². The summed E-state index contributed by atoms with van der Waals surface area (Å²) in [4.78, 5) is 13.8. The first-order chi connectivity index (χ1) is 13.7. The molecule has 2 aliphatic heterocycles. The highest BCUT2D eigenvalue weighted by molar-refractivity contribution is 6.30. The standard InChI is InChI=1S/C23H17ClN2O2/c24-17-12-10-15(11-13-17)19-14-25-26-23(19)21(27)18-8-4-5-9-20(18)28-22(23)16-6-2-1-3-7-16/h1-13,19,22H,14H2/t19-,22+,23-/m1/s1. The van der Waals surface area contributed by atoms with Crippen LogP contribution < -0.4 is 4.74 Å². The van der Waals surface area contributed by atoms with Crippen LogP contribution in [-0.4, -0.2) is 17.9 Å². The molecule has 2 aliphatic rings. The van der Waals surface area contributed by atoms with E-state index in [9.17, 15) is 4.79 Å². The fraction of sp³-hybridized carbons (Fsp3) is 0.174. The number of carbonyl (C=O) groups excluding carboxylic acids is 1. The third-order valence-corrected chi connectivity index (χ3v) is 5.80. The number of ether oxygens (including phenoxy) is 1. The number of carbonyl (C=O) groups is 1. The second kappa shape index (κ2) is 6.57. The predicted molar refractivity (Wildman–Crippen MR) is 107 cm³/mol. The highest BCUT2D eigenvalue weighted by Gasteiger charge is 2.60. The molecule has 0 radical (unpaired) electrons. The second-order valence-electron chi connectivity index (χ2n) is 7.09. The van der Waals surface area contributed by atoms with Gasteiger partial charge in [-0.15, -0.1) is 0 Å². The Morgan fingerprint density at radius 1 is 0.893 bits per heavy atom. The van der Waals surface area contributed by atoms with Crippen LogP contribution in [0, 0.1) is 0 Å². The smallest absolute Gasteiger partial charge is 0.200 e.